The lowest BCUT2D eigenvalue weighted by atomic mass is 9.95. The average Bonchev–Trinajstić information content (AvgIpc) is 2.72. The van der Waals surface area contributed by atoms with E-state index in [2.05, 4.69) is 0 Å². The molecular weight excluding hydrogens is 471 g/mol. The molecule has 1 saturated heterocycles. The van der Waals surface area contributed by atoms with Crippen molar-refractivity contribution in [3.05, 3.63) is 57.0 Å². The number of carbonyl (C=O) groups excluding carboxylic acids is 1. The minimum atomic E-state index is -3.85. The van der Waals surface area contributed by atoms with Gasteiger partial charge in [-0.25, -0.2) is 8.42 Å². The molecule has 0 bridgehead atoms. The Morgan fingerprint density at radius 3 is 2.33 bits per heavy atom. The number of hydrogen-bond acceptors (Lipinski definition) is 4. The van der Waals surface area contributed by atoms with E-state index in [1.807, 2.05) is 12.1 Å². The third-order valence-corrected chi connectivity index (χ3v) is 8.44. The van der Waals surface area contributed by atoms with Crippen molar-refractivity contribution in [3.8, 4) is 5.75 Å². The van der Waals surface area contributed by atoms with Gasteiger partial charge in [-0.3, -0.25) is 4.79 Å². The molecule has 0 aliphatic carbocycles. The third-order valence-electron chi connectivity index (χ3n) is 5.35. The van der Waals surface area contributed by atoms with Crippen LogP contribution in [-0.2, 0) is 21.2 Å². The average molecular weight is 490 g/mol. The summed E-state index contributed by atoms with van der Waals surface area (Å²) in [5.41, 5.74) is 0.904. The van der Waals surface area contributed by atoms with Crippen LogP contribution in [0.3, 0.4) is 0 Å². The Morgan fingerprint density at radius 2 is 1.67 bits per heavy atom. The minimum Gasteiger partial charge on any atom is -0.492 e. The van der Waals surface area contributed by atoms with Crippen LogP contribution in [0.15, 0.2) is 41.3 Å². The molecule has 6 nitrogen and oxygen atoms in total. The first kappa shape index (κ1) is 21.7. The molecule has 1 amide bonds. The van der Waals surface area contributed by atoms with Gasteiger partial charge in [0.2, 0.25) is 15.9 Å². The van der Waals surface area contributed by atoms with Gasteiger partial charge in [-0.2, -0.15) is 4.31 Å². The highest BCUT2D eigenvalue weighted by Crippen LogP contribution is 2.33. The molecule has 10 heteroatoms. The predicted molar refractivity (Wildman–Crippen MR) is 116 cm³/mol. The Hall–Kier alpha value is -1.51. The molecule has 2 heterocycles. The maximum atomic E-state index is 13.0. The van der Waals surface area contributed by atoms with Crippen LogP contribution in [0, 0.1) is 5.92 Å². The fourth-order valence-corrected chi connectivity index (χ4v) is 6.50. The molecular formula is C20H19Cl3N2O4S. The molecule has 0 saturated carbocycles. The van der Waals surface area contributed by atoms with E-state index in [9.17, 15) is 13.2 Å². The Balaban J connectivity index is 1.43. The van der Waals surface area contributed by atoms with Crippen LogP contribution in [0.1, 0.15) is 5.56 Å². The number of fused-ring (bicyclic) bond motifs is 1. The molecule has 160 valence electrons. The van der Waals surface area contributed by atoms with E-state index in [0.29, 0.717) is 31.1 Å². The number of nitrogens with zero attached hydrogens (tertiary/aromatic N) is 2. The van der Waals surface area contributed by atoms with E-state index in [1.54, 1.807) is 17.0 Å². The summed E-state index contributed by atoms with van der Waals surface area (Å²) < 4.78 is 33.0. The van der Waals surface area contributed by atoms with Crippen molar-refractivity contribution in [1.29, 1.82) is 0 Å². The van der Waals surface area contributed by atoms with E-state index in [-0.39, 0.29) is 39.9 Å². The van der Waals surface area contributed by atoms with Crippen molar-refractivity contribution in [3.63, 3.8) is 0 Å². The molecule has 2 aliphatic heterocycles. The SMILES string of the molecule is O=C([C@@H]1COc2ccc(Cl)cc2C1)N1CCN(S(=O)(=O)c2c(Cl)cccc2Cl)CC1. The maximum Gasteiger partial charge on any atom is 0.246 e. The van der Waals surface area contributed by atoms with Crippen LogP contribution in [0.2, 0.25) is 15.1 Å². The van der Waals surface area contributed by atoms with Crippen LogP contribution >= 0.6 is 34.8 Å². The first-order chi connectivity index (χ1) is 14.3. The highest BCUT2D eigenvalue weighted by Gasteiger charge is 2.35. The number of ether oxygens (including phenoxy) is 1. The Kier molecular flexibility index (Phi) is 6.19. The molecule has 2 aromatic rings. The largest absolute Gasteiger partial charge is 0.492 e. The standard InChI is InChI=1S/C20H19Cl3N2O4S/c21-15-4-5-18-13(11-15)10-14(12-29-18)20(26)24-6-8-25(9-7-24)30(27,28)19-16(22)2-1-3-17(19)23/h1-5,11,14H,6-10,12H2/t14-/m0/s1. The fraction of sp³-hybridized carbons (Fsp3) is 0.350. The first-order valence-electron chi connectivity index (χ1n) is 9.41. The van der Waals surface area contributed by atoms with Gasteiger partial charge < -0.3 is 9.64 Å². The highest BCUT2D eigenvalue weighted by molar-refractivity contribution is 7.89. The van der Waals surface area contributed by atoms with Gasteiger partial charge in [-0.15, -0.1) is 0 Å². The Labute approximate surface area is 190 Å². The highest BCUT2D eigenvalue weighted by atomic mass is 35.5. The van der Waals surface area contributed by atoms with Gasteiger partial charge in [0.15, 0.2) is 0 Å². The van der Waals surface area contributed by atoms with Gasteiger partial charge >= 0.3 is 0 Å². The van der Waals surface area contributed by atoms with Crippen molar-refractivity contribution < 1.29 is 17.9 Å². The lowest BCUT2D eigenvalue weighted by Crippen LogP contribution is -2.53. The van der Waals surface area contributed by atoms with Crippen LogP contribution in [0.5, 0.6) is 5.75 Å². The lowest BCUT2D eigenvalue weighted by Gasteiger charge is -2.36. The summed E-state index contributed by atoms with van der Waals surface area (Å²) >= 11 is 18.2. The van der Waals surface area contributed by atoms with Crippen LogP contribution in [0.4, 0.5) is 0 Å². The van der Waals surface area contributed by atoms with Gasteiger partial charge in [0, 0.05) is 31.2 Å². The lowest BCUT2D eigenvalue weighted by molar-refractivity contribution is -0.138. The van der Waals surface area contributed by atoms with Gasteiger partial charge in [-0.1, -0.05) is 40.9 Å². The number of sulfonamides is 1. The summed E-state index contributed by atoms with van der Waals surface area (Å²) in [6.45, 7) is 1.22. The molecule has 1 atom stereocenters. The van der Waals surface area contributed by atoms with Gasteiger partial charge in [-0.05, 0) is 42.3 Å². The van der Waals surface area contributed by atoms with Crippen LogP contribution in [0.25, 0.3) is 0 Å². The molecule has 4 rings (SSSR count). The number of rotatable bonds is 3. The number of amides is 1. The molecule has 30 heavy (non-hydrogen) atoms. The van der Waals surface area contributed by atoms with Crippen molar-refractivity contribution in [1.82, 2.24) is 9.21 Å². The van der Waals surface area contributed by atoms with Crippen molar-refractivity contribution in [2.45, 2.75) is 11.3 Å². The monoisotopic (exact) mass is 488 g/mol. The molecule has 0 N–H and O–H groups in total. The van der Waals surface area contributed by atoms with Gasteiger partial charge in [0.25, 0.3) is 0 Å². The van der Waals surface area contributed by atoms with Gasteiger partial charge in [0.1, 0.15) is 17.3 Å². The number of hydrogen-bond donors (Lipinski definition) is 0. The quantitative estimate of drug-likeness (QED) is 0.659. The second kappa shape index (κ2) is 8.55. The van der Waals surface area contributed by atoms with E-state index >= 15 is 0 Å². The minimum absolute atomic E-state index is 0.0477. The second-order valence-corrected chi connectivity index (χ2v) is 10.4. The Morgan fingerprint density at radius 1 is 1.00 bits per heavy atom. The summed E-state index contributed by atoms with van der Waals surface area (Å²) in [6, 6.07) is 9.96. The zero-order valence-electron chi connectivity index (χ0n) is 15.9. The molecule has 1 fully saturated rings. The van der Waals surface area contributed by atoms with Crippen molar-refractivity contribution >= 4 is 50.7 Å². The third kappa shape index (κ3) is 4.14. The summed E-state index contributed by atoms with van der Waals surface area (Å²) in [4.78, 5) is 14.6. The van der Waals surface area contributed by atoms with E-state index in [1.165, 1.54) is 16.4 Å². The van der Waals surface area contributed by atoms with Crippen molar-refractivity contribution in [2.75, 3.05) is 32.8 Å². The normalized spacial score (nSPS) is 19.8. The zero-order chi connectivity index (χ0) is 21.5. The summed E-state index contributed by atoms with van der Waals surface area (Å²) in [7, 11) is -3.85. The maximum absolute atomic E-state index is 13.0. The molecule has 0 aromatic heterocycles. The summed E-state index contributed by atoms with van der Waals surface area (Å²) in [6.07, 6.45) is 0.544. The molecule has 0 spiro atoms. The van der Waals surface area contributed by atoms with E-state index in [4.69, 9.17) is 39.5 Å². The molecule has 0 radical (unpaired) electrons. The number of halogens is 3. The Bertz CT molecular complexity index is 1070. The van der Waals surface area contributed by atoms with E-state index in [0.717, 1.165) is 11.3 Å². The van der Waals surface area contributed by atoms with Crippen LogP contribution in [-0.4, -0.2) is 56.3 Å². The smallest absolute Gasteiger partial charge is 0.246 e. The summed E-state index contributed by atoms with van der Waals surface area (Å²) in [5, 5.41) is 0.762. The van der Waals surface area contributed by atoms with Gasteiger partial charge in [0.05, 0.1) is 16.0 Å². The number of benzene rings is 2. The molecule has 2 aromatic carbocycles. The first-order valence-corrected chi connectivity index (χ1v) is 12.0. The number of piperazine rings is 1. The zero-order valence-corrected chi connectivity index (χ0v) is 18.9. The predicted octanol–water partition coefficient (Wildman–Crippen LogP) is 3.73. The van der Waals surface area contributed by atoms with E-state index < -0.39 is 10.0 Å². The van der Waals surface area contributed by atoms with Crippen LogP contribution < -0.4 is 4.74 Å². The fourth-order valence-electron chi connectivity index (χ4n) is 3.79. The number of carbonyl (C=O) groups is 1. The molecule has 0 unspecified atom stereocenters. The topological polar surface area (TPSA) is 66.9 Å². The molecule has 2 aliphatic rings. The summed E-state index contributed by atoms with van der Waals surface area (Å²) in [5.74, 6) is 0.376. The van der Waals surface area contributed by atoms with Crippen molar-refractivity contribution in [2.24, 2.45) is 5.92 Å². The second-order valence-electron chi connectivity index (χ2n) is 7.24.